The van der Waals surface area contributed by atoms with E-state index in [9.17, 15) is 26.4 Å². The molecule has 0 unspecified atom stereocenters. The van der Waals surface area contributed by atoms with Crippen LogP contribution in [0, 0.1) is 0 Å². The molecule has 0 aliphatic carbocycles. The van der Waals surface area contributed by atoms with E-state index in [2.05, 4.69) is 16.5 Å². The number of hydroxylamine groups is 2. The number of nitrogens with one attached hydrogen (secondary N) is 1. The molecule has 0 radical (unpaired) electrons. The lowest BCUT2D eigenvalue weighted by atomic mass is 10.1. The highest BCUT2D eigenvalue weighted by molar-refractivity contribution is 7.87. The SMILES string of the molecule is CCCCCCCCNC(=O)N(CCCC)OS(=O)(=O)C(F)(F)F. The maximum absolute atomic E-state index is 12.4. The van der Waals surface area contributed by atoms with Crippen LogP contribution in [0.5, 0.6) is 0 Å². The zero-order valence-corrected chi connectivity index (χ0v) is 15.0. The third kappa shape index (κ3) is 9.31. The number of halogens is 3. The number of amides is 2. The number of unbranched alkanes of at least 4 members (excludes halogenated alkanes) is 6. The number of carbonyl (C=O) groups is 1. The summed E-state index contributed by atoms with van der Waals surface area (Å²) >= 11 is 0. The molecule has 0 rings (SSSR count). The van der Waals surface area contributed by atoms with Crippen LogP contribution in [0.4, 0.5) is 18.0 Å². The Balaban J connectivity index is 4.41. The van der Waals surface area contributed by atoms with Gasteiger partial charge in [0.05, 0.1) is 6.54 Å². The summed E-state index contributed by atoms with van der Waals surface area (Å²) in [6.45, 7) is 3.86. The van der Waals surface area contributed by atoms with Gasteiger partial charge < -0.3 is 5.32 Å². The first-order valence-electron chi connectivity index (χ1n) is 8.22. The Morgan fingerprint density at radius 1 is 1.00 bits per heavy atom. The molecule has 0 aromatic rings. The Bertz CT molecular complexity index is 455. The minimum atomic E-state index is -5.85. The monoisotopic (exact) mass is 376 g/mol. The van der Waals surface area contributed by atoms with Crippen LogP contribution in [0.15, 0.2) is 0 Å². The zero-order valence-electron chi connectivity index (χ0n) is 14.2. The molecule has 0 bridgehead atoms. The van der Waals surface area contributed by atoms with Crippen molar-refractivity contribution in [2.45, 2.75) is 70.7 Å². The summed E-state index contributed by atoms with van der Waals surface area (Å²) < 4.78 is 63.1. The van der Waals surface area contributed by atoms with Crippen molar-refractivity contribution < 1.29 is 30.7 Å². The summed E-state index contributed by atoms with van der Waals surface area (Å²) in [4.78, 5) is 11.8. The van der Waals surface area contributed by atoms with Crippen LogP contribution < -0.4 is 5.32 Å². The number of alkyl halides is 3. The van der Waals surface area contributed by atoms with Gasteiger partial charge in [-0.1, -0.05) is 52.4 Å². The van der Waals surface area contributed by atoms with Crippen molar-refractivity contribution in [2.75, 3.05) is 13.1 Å². The molecule has 6 nitrogen and oxygen atoms in total. The van der Waals surface area contributed by atoms with E-state index in [1.165, 1.54) is 0 Å². The number of urea groups is 1. The third-order valence-electron chi connectivity index (χ3n) is 3.22. The van der Waals surface area contributed by atoms with Gasteiger partial charge in [-0.25, -0.2) is 4.79 Å². The highest BCUT2D eigenvalue weighted by Crippen LogP contribution is 2.25. The first-order valence-corrected chi connectivity index (χ1v) is 9.62. The van der Waals surface area contributed by atoms with Gasteiger partial charge in [-0.05, 0) is 12.8 Å². The summed E-state index contributed by atoms with van der Waals surface area (Å²) in [6, 6.07) is -0.982. The van der Waals surface area contributed by atoms with Crippen molar-refractivity contribution in [3.05, 3.63) is 0 Å². The Labute approximate surface area is 141 Å². The van der Waals surface area contributed by atoms with E-state index in [0.29, 0.717) is 19.3 Å². The van der Waals surface area contributed by atoms with E-state index in [0.717, 1.165) is 32.1 Å². The lowest BCUT2D eigenvalue weighted by molar-refractivity contribution is -0.0822. The number of nitrogens with zero attached hydrogens (tertiary/aromatic N) is 1. The van der Waals surface area contributed by atoms with Gasteiger partial charge >= 0.3 is 21.7 Å². The van der Waals surface area contributed by atoms with Crippen molar-refractivity contribution in [3.8, 4) is 0 Å². The number of hydrogen-bond donors (Lipinski definition) is 1. The second-order valence-electron chi connectivity index (χ2n) is 5.43. The standard InChI is InChI=1S/C14H27F3N2O4S/c1-3-5-7-8-9-10-11-18-13(20)19(12-6-4-2)23-24(21,22)14(15,16)17/h3-12H2,1-2H3,(H,18,20). The predicted octanol–water partition coefficient (Wildman–Crippen LogP) is 3.94. The smallest absolute Gasteiger partial charge is 0.336 e. The second-order valence-corrected chi connectivity index (χ2v) is 6.95. The molecule has 0 fully saturated rings. The van der Waals surface area contributed by atoms with Crippen molar-refractivity contribution in [1.29, 1.82) is 0 Å². The Hall–Kier alpha value is -1.03. The fourth-order valence-electron chi connectivity index (χ4n) is 1.82. The van der Waals surface area contributed by atoms with Gasteiger partial charge in [0.2, 0.25) is 0 Å². The van der Waals surface area contributed by atoms with Gasteiger partial charge in [0.25, 0.3) is 0 Å². The minimum Gasteiger partial charge on any atom is -0.336 e. The van der Waals surface area contributed by atoms with E-state index in [4.69, 9.17) is 0 Å². The van der Waals surface area contributed by atoms with E-state index in [1.54, 1.807) is 6.92 Å². The van der Waals surface area contributed by atoms with E-state index in [1.807, 2.05) is 0 Å². The number of rotatable bonds is 12. The molecule has 24 heavy (non-hydrogen) atoms. The van der Waals surface area contributed by atoms with Gasteiger partial charge in [0.1, 0.15) is 0 Å². The van der Waals surface area contributed by atoms with Gasteiger partial charge in [-0.15, -0.1) is 4.28 Å². The molecular formula is C14H27F3N2O4S. The molecule has 2 amide bonds. The lowest BCUT2D eigenvalue weighted by Gasteiger charge is -2.21. The Morgan fingerprint density at radius 2 is 1.54 bits per heavy atom. The van der Waals surface area contributed by atoms with Gasteiger partial charge in [-0.2, -0.15) is 26.7 Å². The summed E-state index contributed by atoms with van der Waals surface area (Å²) in [5, 5.41) is 2.61. The molecule has 0 spiro atoms. The van der Waals surface area contributed by atoms with E-state index in [-0.39, 0.29) is 18.2 Å². The van der Waals surface area contributed by atoms with Crippen LogP contribution >= 0.6 is 0 Å². The van der Waals surface area contributed by atoms with E-state index >= 15 is 0 Å². The fraction of sp³-hybridized carbons (Fsp3) is 0.929. The molecule has 144 valence electrons. The minimum absolute atomic E-state index is 0.226. The molecule has 0 saturated heterocycles. The first-order chi connectivity index (χ1) is 11.2. The van der Waals surface area contributed by atoms with Crippen molar-refractivity contribution in [2.24, 2.45) is 0 Å². The molecule has 0 aromatic heterocycles. The largest absolute Gasteiger partial charge is 0.525 e. The lowest BCUT2D eigenvalue weighted by Crippen LogP contribution is -2.44. The fourth-order valence-corrected chi connectivity index (χ4v) is 2.29. The summed E-state index contributed by atoms with van der Waals surface area (Å²) in [5.41, 5.74) is -5.57. The molecule has 1 N–H and O–H groups in total. The highest BCUT2D eigenvalue weighted by Gasteiger charge is 2.49. The summed E-state index contributed by atoms with van der Waals surface area (Å²) in [7, 11) is -5.85. The predicted molar refractivity (Wildman–Crippen MR) is 84.4 cm³/mol. The van der Waals surface area contributed by atoms with E-state index < -0.39 is 21.7 Å². The van der Waals surface area contributed by atoms with Gasteiger partial charge in [0, 0.05) is 6.54 Å². The molecule has 0 aliphatic heterocycles. The van der Waals surface area contributed by atoms with Crippen molar-refractivity contribution in [3.63, 3.8) is 0 Å². The Kier molecular flexibility index (Phi) is 11.0. The number of hydrogen-bond acceptors (Lipinski definition) is 4. The summed E-state index contributed by atoms with van der Waals surface area (Å²) in [6.07, 6.45) is 6.81. The normalized spacial score (nSPS) is 12.2. The van der Waals surface area contributed by atoms with Crippen LogP contribution in [-0.4, -0.2) is 38.1 Å². The van der Waals surface area contributed by atoms with Crippen LogP contribution in [0.3, 0.4) is 0 Å². The average molecular weight is 376 g/mol. The van der Waals surface area contributed by atoms with Crippen LogP contribution in [0.25, 0.3) is 0 Å². The third-order valence-corrected chi connectivity index (χ3v) is 4.16. The van der Waals surface area contributed by atoms with Crippen LogP contribution in [0.1, 0.15) is 65.2 Å². The maximum Gasteiger partial charge on any atom is 0.525 e. The van der Waals surface area contributed by atoms with Crippen LogP contribution in [0.2, 0.25) is 0 Å². The molecule has 0 aliphatic rings. The molecule has 0 heterocycles. The molecule has 0 atom stereocenters. The second kappa shape index (κ2) is 11.5. The molecular weight excluding hydrogens is 349 g/mol. The topological polar surface area (TPSA) is 75.7 Å². The van der Waals surface area contributed by atoms with Crippen LogP contribution in [-0.2, 0) is 14.4 Å². The molecule has 0 aromatic carbocycles. The number of carbonyl (C=O) groups excluding carboxylic acids is 1. The maximum atomic E-state index is 12.4. The van der Waals surface area contributed by atoms with Gasteiger partial charge in [-0.3, -0.25) is 0 Å². The quantitative estimate of drug-likeness (QED) is 0.318. The zero-order chi connectivity index (χ0) is 18.6. The Morgan fingerprint density at radius 3 is 2.08 bits per heavy atom. The first kappa shape index (κ1) is 23.0. The summed E-state index contributed by atoms with van der Waals surface area (Å²) in [5.74, 6) is 0. The van der Waals surface area contributed by atoms with Gasteiger partial charge in [0.15, 0.2) is 0 Å². The molecule has 0 saturated carbocycles. The average Bonchev–Trinajstić information content (AvgIpc) is 2.49. The molecule has 10 heteroatoms. The highest BCUT2D eigenvalue weighted by atomic mass is 32.2. The van der Waals surface area contributed by atoms with Crippen molar-refractivity contribution >= 4 is 16.1 Å². The van der Waals surface area contributed by atoms with Crippen molar-refractivity contribution in [1.82, 2.24) is 10.4 Å².